The highest BCUT2D eigenvalue weighted by atomic mass is 35.5. The van der Waals surface area contributed by atoms with Gasteiger partial charge in [-0.1, -0.05) is 31.4 Å². The number of hydrogen-bond donors (Lipinski definition) is 0. The van der Waals surface area contributed by atoms with Crippen molar-refractivity contribution in [1.82, 2.24) is 9.97 Å². The van der Waals surface area contributed by atoms with Crippen LogP contribution in [0.25, 0.3) is 0 Å². The molecule has 4 heteroatoms. The molecule has 1 aliphatic rings. The number of aromatic nitrogens is 2. The summed E-state index contributed by atoms with van der Waals surface area (Å²) in [6.45, 7) is 2.08. The highest BCUT2D eigenvalue weighted by Gasteiger charge is 2.23. The Bertz CT molecular complexity index is 360. The van der Waals surface area contributed by atoms with Gasteiger partial charge in [0.2, 0.25) is 5.28 Å². The van der Waals surface area contributed by atoms with Crippen molar-refractivity contribution < 1.29 is 0 Å². The molecule has 0 amide bonds. The van der Waals surface area contributed by atoms with E-state index in [1.807, 2.05) is 0 Å². The van der Waals surface area contributed by atoms with Gasteiger partial charge in [-0.3, -0.25) is 0 Å². The Labute approximate surface area is 100 Å². The zero-order chi connectivity index (χ0) is 10.8. The van der Waals surface area contributed by atoms with Crippen molar-refractivity contribution in [2.45, 2.75) is 44.9 Å². The summed E-state index contributed by atoms with van der Waals surface area (Å²) in [4.78, 5) is 8.35. The molecule has 1 heterocycles. The minimum Gasteiger partial charge on any atom is -0.222 e. The molecule has 0 aliphatic heterocycles. The van der Waals surface area contributed by atoms with E-state index in [1.165, 1.54) is 25.7 Å². The second kappa shape index (κ2) is 4.67. The topological polar surface area (TPSA) is 25.8 Å². The average Bonchev–Trinajstić information content (AvgIpc) is 2.69. The van der Waals surface area contributed by atoms with Crippen molar-refractivity contribution in [2.75, 3.05) is 0 Å². The van der Waals surface area contributed by atoms with Crippen LogP contribution in [-0.2, 0) is 6.42 Å². The molecule has 1 aliphatic carbocycles. The fraction of sp³-hybridized carbons (Fsp3) is 0.636. The molecule has 1 aromatic rings. The normalized spacial score (nSPS) is 17.3. The van der Waals surface area contributed by atoms with E-state index in [2.05, 4.69) is 16.9 Å². The molecule has 1 fully saturated rings. The van der Waals surface area contributed by atoms with Crippen LogP contribution in [0.2, 0.25) is 10.4 Å². The predicted octanol–water partition coefficient (Wildman–Crippen LogP) is 4.00. The largest absolute Gasteiger partial charge is 0.224 e. The van der Waals surface area contributed by atoms with Gasteiger partial charge in [-0.25, -0.2) is 9.97 Å². The number of hydrogen-bond acceptors (Lipinski definition) is 2. The van der Waals surface area contributed by atoms with E-state index in [-0.39, 0.29) is 5.28 Å². The zero-order valence-corrected chi connectivity index (χ0v) is 10.3. The molecular formula is C11H14Cl2N2. The molecule has 82 valence electrons. The third-order valence-corrected chi connectivity index (χ3v) is 3.54. The van der Waals surface area contributed by atoms with Crippen LogP contribution in [0.5, 0.6) is 0 Å². The summed E-state index contributed by atoms with van der Waals surface area (Å²) >= 11 is 11.9. The first kappa shape index (κ1) is 11.2. The lowest BCUT2D eigenvalue weighted by molar-refractivity contribution is 0.681. The average molecular weight is 245 g/mol. The van der Waals surface area contributed by atoms with Crippen LogP contribution in [-0.4, -0.2) is 9.97 Å². The van der Waals surface area contributed by atoms with Gasteiger partial charge in [0.15, 0.2) is 0 Å². The lowest BCUT2D eigenvalue weighted by atomic mass is 9.98. The highest BCUT2D eigenvalue weighted by molar-refractivity contribution is 6.32. The maximum Gasteiger partial charge on any atom is 0.224 e. The van der Waals surface area contributed by atoms with Gasteiger partial charge in [0.25, 0.3) is 0 Å². The molecule has 0 spiro atoms. The molecule has 0 radical (unpaired) electrons. The van der Waals surface area contributed by atoms with E-state index >= 15 is 0 Å². The zero-order valence-electron chi connectivity index (χ0n) is 8.76. The Morgan fingerprint density at radius 2 is 1.87 bits per heavy atom. The van der Waals surface area contributed by atoms with Crippen molar-refractivity contribution in [2.24, 2.45) is 0 Å². The summed E-state index contributed by atoms with van der Waals surface area (Å²) < 4.78 is 0. The molecule has 2 rings (SSSR count). The van der Waals surface area contributed by atoms with Crippen molar-refractivity contribution >= 4 is 23.2 Å². The fourth-order valence-corrected chi connectivity index (χ4v) is 2.84. The molecular weight excluding hydrogens is 231 g/mol. The molecule has 0 bridgehead atoms. The highest BCUT2D eigenvalue weighted by Crippen LogP contribution is 2.36. The third kappa shape index (κ3) is 2.26. The summed E-state index contributed by atoms with van der Waals surface area (Å²) in [6.07, 6.45) is 5.86. The first-order valence-electron chi connectivity index (χ1n) is 5.44. The van der Waals surface area contributed by atoms with Crippen LogP contribution >= 0.6 is 23.2 Å². The van der Waals surface area contributed by atoms with E-state index in [1.54, 1.807) is 0 Å². The van der Waals surface area contributed by atoms with Gasteiger partial charge in [0.05, 0.1) is 5.69 Å². The molecule has 0 unspecified atom stereocenters. The standard InChI is InChI=1S/C11H14Cl2N2/c1-2-8-9(7-5-3-4-6-7)14-11(13)15-10(8)12/h7H,2-6H2,1H3. The van der Waals surface area contributed by atoms with Crippen LogP contribution in [0, 0.1) is 0 Å². The molecule has 0 aromatic carbocycles. The first-order valence-corrected chi connectivity index (χ1v) is 6.19. The summed E-state index contributed by atoms with van der Waals surface area (Å²) in [5, 5.41) is 0.804. The predicted molar refractivity (Wildman–Crippen MR) is 62.6 cm³/mol. The Morgan fingerprint density at radius 3 is 2.47 bits per heavy atom. The first-order chi connectivity index (χ1) is 7.22. The lowest BCUT2D eigenvalue weighted by Gasteiger charge is -2.14. The molecule has 15 heavy (non-hydrogen) atoms. The SMILES string of the molecule is CCc1c(Cl)nc(Cl)nc1C1CCCC1. The molecule has 1 saturated carbocycles. The van der Waals surface area contributed by atoms with Gasteiger partial charge in [-0.2, -0.15) is 0 Å². The van der Waals surface area contributed by atoms with Gasteiger partial charge < -0.3 is 0 Å². The van der Waals surface area contributed by atoms with Crippen LogP contribution in [0.3, 0.4) is 0 Å². The monoisotopic (exact) mass is 244 g/mol. The molecule has 1 aromatic heterocycles. The molecule has 2 nitrogen and oxygen atoms in total. The number of halogens is 2. The lowest BCUT2D eigenvalue weighted by Crippen LogP contribution is -2.05. The maximum absolute atomic E-state index is 6.08. The summed E-state index contributed by atoms with van der Waals surface area (Å²) in [5.41, 5.74) is 2.16. The van der Waals surface area contributed by atoms with Crippen LogP contribution < -0.4 is 0 Å². The van der Waals surface area contributed by atoms with E-state index in [4.69, 9.17) is 23.2 Å². The molecule has 0 N–H and O–H groups in total. The smallest absolute Gasteiger partial charge is 0.222 e. The van der Waals surface area contributed by atoms with Crippen molar-refractivity contribution in [3.05, 3.63) is 21.7 Å². The van der Waals surface area contributed by atoms with E-state index < -0.39 is 0 Å². The van der Waals surface area contributed by atoms with Crippen LogP contribution in [0.4, 0.5) is 0 Å². The summed E-state index contributed by atoms with van der Waals surface area (Å²) in [5.74, 6) is 0.540. The minimum atomic E-state index is 0.277. The molecule has 0 atom stereocenters. The van der Waals surface area contributed by atoms with E-state index in [0.717, 1.165) is 17.7 Å². The van der Waals surface area contributed by atoms with Crippen molar-refractivity contribution in [3.8, 4) is 0 Å². The minimum absolute atomic E-state index is 0.277. The van der Waals surface area contributed by atoms with E-state index in [9.17, 15) is 0 Å². The van der Waals surface area contributed by atoms with Gasteiger partial charge in [0, 0.05) is 11.5 Å². The number of rotatable bonds is 2. The van der Waals surface area contributed by atoms with Crippen molar-refractivity contribution in [3.63, 3.8) is 0 Å². The summed E-state index contributed by atoms with van der Waals surface area (Å²) in [6, 6.07) is 0. The maximum atomic E-state index is 6.08. The van der Waals surface area contributed by atoms with Crippen molar-refractivity contribution in [1.29, 1.82) is 0 Å². The van der Waals surface area contributed by atoms with Crippen LogP contribution in [0.1, 0.15) is 49.8 Å². The van der Waals surface area contributed by atoms with E-state index in [0.29, 0.717) is 11.1 Å². The number of nitrogens with zero attached hydrogens (tertiary/aromatic N) is 2. The van der Waals surface area contributed by atoms with Gasteiger partial charge in [-0.15, -0.1) is 0 Å². The Kier molecular flexibility index (Phi) is 3.47. The fourth-order valence-electron chi connectivity index (χ4n) is 2.31. The Morgan fingerprint density at radius 1 is 1.20 bits per heavy atom. The third-order valence-electron chi connectivity index (χ3n) is 3.06. The second-order valence-electron chi connectivity index (χ2n) is 3.98. The van der Waals surface area contributed by atoms with Crippen LogP contribution in [0.15, 0.2) is 0 Å². The Hall–Kier alpha value is -0.340. The quantitative estimate of drug-likeness (QED) is 0.581. The second-order valence-corrected chi connectivity index (χ2v) is 4.68. The molecule has 0 saturated heterocycles. The van der Waals surface area contributed by atoms with Gasteiger partial charge in [-0.05, 0) is 30.9 Å². The van der Waals surface area contributed by atoms with Gasteiger partial charge in [0.1, 0.15) is 5.15 Å². The Balaban J connectivity index is 2.42. The summed E-state index contributed by atoms with van der Waals surface area (Å²) in [7, 11) is 0. The van der Waals surface area contributed by atoms with Gasteiger partial charge >= 0.3 is 0 Å².